The summed E-state index contributed by atoms with van der Waals surface area (Å²) in [5, 5.41) is 0. The van der Waals surface area contributed by atoms with Crippen molar-refractivity contribution in [1.29, 1.82) is 0 Å². The van der Waals surface area contributed by atoms with Crippen LogP contribution in [0.1, 0.15) is 43.7 Å². The van der Waals surface area contributed by atoms with Crippen molar-refractivity contribution in [2.75, 3.05) is 5.88 Å². The van der Waals surface area contributed by atoms with E-state index < -0.39 is 0 Å². The van der Waals surface area contributed by atoms with Gasteiger partial charge in [-0.1, -0.05) is 38.1 Å². The third kappa shape index (κ3) is 1.56. The monoisotopic (exact) mass is 208 g/mol. The lowest BCUT2D eigenvalue weighted by Gasteiger charge is -2.36. The predicted octanol–water partition coefficient (Wildman–Crippen LogP) is 4.08. The van der Waals surface area contributed by atoms with Crippen LogP contribution in [0.25, 0.3) is 0 Å². The van der Waals surface area contributed by atoms with Gasteiger partial charge in [0.25, 0.3) is 0 Å². The van der Waals surface area contributed by atoms with Crippen molar-refractivity contribution in [1.82, 2.24) is 0 Å². The lowest BCUT2D eigenvalue weighted by atomic mass is 9.69. The standard InChI is InChI=1S/C13H17Cl/c1-13(2)8-7-10(9-14)11-5-3-4-6-12(11)13/h3-6,10H,7-9H2,1-2H3. The molecule has 0 aliphatic heterocycles. The van der Waals surface area contributed by atoms with E-state index in [-0.39, 0.29) is 0 Å². The van der Waals surface area contributed by atoms with E-state index in [0.717, 1.165) is 5.88 Å². The van der Waals surface area contributed by atoms with Crippen molar-refractivity contribution in [3.63, 3.8) is 0 Å². The first kappa shape index (κ1) is 10.0. The number of halogens is 1. The van der Waals surface area contributed by atoms with Crippen LogP contribution in [0.15, 0.2) is 24.3 Å². The van der Waals surface area contributed by atoms with Crippen LogP contribution in [-0.4, -0.2) is 5.88 Å². The van der Waals surface area contributed by atoms with Crippen LogP contribution in [-0.2, 0) is 5.41 Å². The van der Waals surface area contributed by atoms with Gasteiger partial charge < -0.3 is 0 Å². The van der Waals surface area contributed by atoms with Crippen LogP contribution in [0.4, 0.5) is 0 Å². The van der Waals surface area contributed by atoms with Gasteiger partial charge in [-0.3, -0.25) is 0 Å². The molecule has 2 rings (SSSR count). The van der Waals surface area contributed by atoms with Gasteiger partial charge in [0.1, 0.15) is 0 Å². The molecule has 1 aliphatic rings. The Morgan fingerprint density at radius 1 is 1.36 bits per heavy atom. The zero-order valence-electron chi connectivity index (χ0n) is 8.89. The highest BCUT2D eigenvalue weighted by Gasteiger charge is 2.31. The number of rotatable bonds is 1. The summed E-state index contributed by atoms with van der Waals surface area (Å²) in [6.45, 7) is 4.66. The van der Waals surface area contributed by atoms with Gasteiger partial charge in [0.15, 0.2) is 0 Å². The highest BCUT2D eigenvalue weighted by Crippen LogP contribution is 2.42. The fourth-order valence-corrected chi connectivity index (χ4v) is 2.78. The van der Waals surface area contributed by atoms with Gasteiger partial charge >= 0.3 is 0 Å². The zero-order valence-corrected chi connectivity index (χ0v) is 9.64. The number of hydrogen-bond acceptors (Lipinski definition) is 0. The minimum Gasteiger partial charge on any atom is -0.126 e. The van der Waals surface area contributed by atoms with Gasteiger partial charge in [-0.25, -0.2) is 0 Å². The highest BCUT2D eigenvalue weighted by molar-refractivity contribution is 6.18. The number of hydrogen-bond donors (Lipinski definition) is 0. The Hall–Kier alpha value is -0.490. The summed E-state index contributed by atoms with van der Waals surface area (Å²) in [5.74, 6) is 1.33. The minimum atomic E-state index is 0.332. The molecule has 0 saturated carbocycles. The molecule has 76 valence electrons. The lowest BCUT2D eigenvalue weighted by molar-refractivity contribution is 0.404. The second kappa shape index (κ2) is 3.58. The van der Waals surface area contributed by atoms with Crippen LogP contribution in [0, 0.1) is 0 Å². The Morgan fingerprint density at radius 2 is 2.07 bits per heavy atom. The number of benzene rings is 1. The van der Waals surface area contributed by atoms with Crippen molar-refractivity contribution >= 4 is 11.6 Å². The molecule has 0 N–H and O–H groups in total. The van der Waals surface area contributed by atoms with E-state index in [1.807, 2.05) is 0 Å². The van der Waals surface area contributed by atoms with Gasteiger partial charge in [-0.2, -0.15) is 0 Å². The van der Waals surface area contributed by atoms with Gasteiger partial charge in [0.05, 0.1) is 0 Å². The first-order valence-corrected chi connectivity index (χ1v) is 5.84. The van der Waals surface area contributed by atoms with Crippen molar-refractivity contribution < 1.29 is 0 Å². The topological polar surface area (TPSA) is 0 Å². The van der Waals surface area contributed by atoms with E-state index in [4.69, 9.17) is 11.6 Å². The molecule has 14 heavy (non-hydrogen) atoms. The summed E-state index contributed by atoms with van der Waals surface area (Å²) >= 11 is 6.00. The van der Waals surface area contributed by atoms with Crippen LogP contribution in [0.5, 0.6) is 0 Å². The number of alkyl halides is 1. The zero-order chi connectivity index (χ0) is 10.2. The van der Waals surface area contributed by atoms with Crippen LogP contribution in [0.3, 0.4) is 0 Å². The molecule has 0 spiro atoms. The summed E-state index contributed by atoms with van der Waals surface area (Å²) in [5.41, 5.74) is 3.30. The first-order chi connectivity index (χ1) is 6.65. The third-order valence-electron chi connectivity index (χ3n) is 3.43. The molecule has 0 saturated heterocycles. The van der Waals surface area contributed by atoms with E-state index in [1.54, 1.807) is 0 Å². The van der Waals surface area contributed by atoms with Gasteiger partial charge in [-0.15, -0.1) is 11.6 Å². The van der Waals surface area contributed by atoms with Crippen molar-refractivity contribution in [2.24, 2.45) is 0 Å². The molecule has 0 fully saturated rings. The molecule has 1 unspecified atom stereocenters. The van der Waals surface area contributed by atoms with Gasteiger partial charge in [0, 0.05) is 5.88 Å². The molecular formula is C13H17Cl. The molecule has 1 aliphatic carbocycles. The lowest BCUT2D eigenvalue weighted by Crippen LogP contribution is -2.26. The predicted molar refractivity (Wildman–Crippen MR) is 62.2 cm³/mol. The molecule has 0 heterocycles. The summed E-state index contributed by atoms with van der Waals surface area (Å²) in [6, 6.07) is 8.76. The molecule has 0 nitrogen and oxygen atoms in total. The highest BCUT2D eigenvalue weighted by atomic mass is 35.5. The summed E-state index contributed by atoms with van der Waals surface area (Å²) < 4.78 is 0. The Labute approximate surface area is 91.3 Å². The van der Waals surface area contributed by atoms with E-state index in [2.05, 4.69) is 38.1 Å². The molecule has 1 aromatic carbocycles. The second-order valence-corrected chi connectivity index (χ2v) is 5.17. The largest absolute Gasteiger partial charge is 0.126 e. The molecule has 0 aromatic heterocycles. The Balaban J connectivity index is 2.49. The van der Waals surface area contributed by atoms with Crippen LogP contribution in [0.2, 0.25) is 0 Å². The maximum Gasteiger partial charge on any atom is 0.0292 e. The first-order valence-electron chi connectivity index (χ1n) is 5.30. The van der Waals surface area contributed by atoms with Gasteiger partial charge in [0.2, 0.25) is 0 Å². The molecule has 0 amide bonds. The van der Waals surface area contributed by atoms with E-state index in [1.165, 1.54) is 24.0 Å². The summed E-state index contributed by atoms with van der Waals surface area (Å²) in [4.78, 5) is 0. The van der Waals surface area contributed by atoms with Crippen molar-refractivity contribution in [3.8, 4) is 0 Å². The summed E-state index contributed by atoms with van der Waals surface area (Å²) in [6.07, 6.45) is 2.48. The van der Waals surface area contributed by atoms with Crippen LogP contribution < -0.4 is 0 Å². The average molecular weight is 209 g/mol. The maximum atomic E-state index is 6.00. The van der Waals surface area contributed by atoms with E-state index in [9.17, 15) is 0 Å². The Kier molecular flexibility index (Phi) is 2.57. The molecule has 0 bridgehead atoms. The molecule has 1 atom stereocenters. The second-order valence-electron chi connectivity index (χ2n) is 4.86. The van der Waals surface area contributed by atoms with E-state index in [0.29, 0.717) is 11.3 Å². The molecule has 1 heteroatoms. The van der Waals surface area contributed by atoms with E-state index >= 15 is 0 Å². The fraction of sp³-hybridized carbons (Fsp3) is 0.538. The van der Waals surface area contributed by atoms with Gasteiger partial charge in [-0.05, 0) is 35.3 Å². The maximum absolute atomic E-state index is 6.00. The minimum absolute atomic E-state index is 0.332. The molecule has 1 aromatic rings. The van der Waals surface area contributed by atoms with Crippen LogP contribution >= 0.6 is 11.6 Å². The third-order valence-corrected chi connectivity index (χ3v) is 3.81. The smallest absolute Gasteiger partial charge is 0.0292 e. The average Bonchev–Trinajstić information content (AvgIpc) is 2.18. The fourth-order valence-electron chi connectivity index (χ4n) is 2.45. The molecular weight excluding hydrogens is 192 g/mol. The Bertz CT molecular complexity index is 328. The number of fused-ring (bicyclic) bond motifs is 1. The van der Waals surface area contributed by atoms with Crippen molar-refractivity contribution in [3.05, 3.63) is 35.4 Å². The van der Waals surface area contributed by atoms with Crippen molar-refractivity contribution in [2.45, 2.75) is 38.0 Å². The normalized spacial score (nSPS) is 24.4. The summed E-state index contributed by atoms with van der Waals surface area (Å²) in [7, 11) is 0. The SMILES string of the molecule is CC1(C)CCC(CCl)c2ccccc21. The Morgan fingerprint density at radius 3 is 2.79 bits per heavy atom. The molecule has 0 radical (unpaired) electrons. The quantitative estimate of drug-likeness (QED) is 0.611.